The van der Waals surface area contributed by atoms with Gasteiger partial charge in [0.05, 0.1) is 6.54 Å². The topological polar surface area (TPSA) is 17.0 Å². The second kappa shape index (κ2) is 6.28. The minimum absolute atomic E-state index is 0.701. The number of nitrogens with zero attached hydrogens (tertiary/aromatic N) is 1. The highest BCUT2D eigenvalue weighted by Crippen LogP contribution is 2.25. The molecule has 2 nitrogen and oxygen atoms in total. The third-order valence-corrected chi connectivity index (χ3v) is 3.58. The van der Waals surface area contributed by atoms with Crippen LogP contribution in [0, 0.1) is 0 Å². The first-order valence-corrected chi connectivity index (χ1v) is 6.75. The van der Waals surface area contributed by atoms with Crippen molar-refractivity contribution in [3.05, 3.63) is 57.8 Å². The smallest absolute Gasteiger partial charge is 0.0503 e. The summed E-state index contributed by atoms with van der Waals surface area (Å²) < 4.78 is 2.16. The van der Waals surface area contributed by atoms with E-state index in [2.05, 4.69) is 22.9 Å². The normalized spacial score (nSPS) is 10.8. The maximum atomic E-state index is 6.19. The lowest BCUT2D eigenvalue weighted by Gasteiger charge is -2.12. The van der Waals surface area contributed by atoms with Crippen LogP contribution in [0.1, 0.15) is 18.2 Å². The Hall–Kier alpha value is -0.960. The molecule has 0 spiro atoms. The third-order valence-electron chi connectivity index (χ3n) is 2.87. The summed E-state index contributed by atoms with van der Waals surface area (Å²) in [6, 6.07) is 9.75. The number of hydrogen-bond acceptors (Lipinski definition) is 1. The summed E-state index contributed by atoms with van der Waals surface area (Å²) in [6.07, 6.45) is 2.05. The van der Waals surface area contributed by atoms with E-state index in [0.29, 0.717) is 16.6 Å². The van der Waals surface area contributed by atoms with Gasteiger partial charge in [-0.15, -0.1) is 0 Å². The molecule has 96 valence electrons. The molecule has 1 aromatic carbocycles. The lowest BCUT2D eigenvalue weighted by Crippen LogP contribution is -2.15. The molecule has 0 aliphatic carbocycles. The number of aromatic nitrogens is 1. The third kappa shape index (κ3) is 3.08. The molecular formula is C14H16Cl2N2. The summed E-state index contributed by atoms with van der Waals surface area (Å²) in [5, 5.41) is 4.75. The van der Waals surface area contributed by atoms with Gasteiger partial charge in [-0.2, -0.15) is 0 Å². The van der Waals surface area contributed by atoms with Crippen molar-refractivity contribution in [2.75, 3.05) is 6.54 Å². The molecule has 0 fully saturated rings. The van der Waals surface area contributed by atoms with E-state index in [4.69, 9.17) is 23.2 Å². The fourth-order valence-corrected chi connectivity index (χ4v) is 2.39. The van der Waals surface area contributed by atoms with E-state index in [9.17, 15) is 0 Å². The average molecular weight is 283 g/mol. The van der Waals surface area contributed by atoms with Gasteiger partial charge in [0.25, 0.3) is 0 Å². The van der Waals surface area contributed by atoms with Gasteiger partial charge in [0, 0.05) is 34.0 Å². The summed E-state index contributed by atoms with van der Waals surface area (Å²) >= 11 is 12.4. The highest BCUT2D eigenvalue weighted by Gasteiger charge is 2.08. The minimum atomic E-state index is 0.701. The molecule has 0 saturated carbocycles. The molecule has 1 heterocycles. The Morgan fingerprint density at radius 3 is 2.50 bits per heavy atom. The van der Waals surface area contributed by atoms with Crippen molar-refractivity contribution in [2.24, 2.45) is 0 Å². The van der Waals surface area contributed by atoms with Crippen molar-refractivity contribution in [3.8, 4) is 0 Å². The second-order valence-electron chi connectivity index (χ2n) is 4.11. The second-order valence-corrected chi connectivity index (χ2v) is 4.92. The molecule has 0 unspecified atom stereocenters. The lowest BCUT2D eigenvalue weighted by atomic mass is 10.2. The molecule has 0 radical (unpaired) electrons. The van der Waals surface area contributed by atoms with Gasteiger partial charge in [0.1, 0.15) is 0 Å². The number of hydrogen-bond donors (Lipinski definition) is 1. The van der Waals surface area contributed by atoms with E-state index in [1.807, 2.05) is 30.5 Å². The molecule has 0 atom stereocenters. The van der Waals surface area contributed by atoms with Crippen molar-refractivity contribution >= 4 is 23.2 Å². The first-order chi connectivity index (χ1) is 8.72. The monoisotopic (exact) mass is 282 g/mol. The molecule has 0 bridgehead atoms. The van der Waals surface area contributed by atoms with Gasteiger partial charge in [-0.05, 0) is 30.8 Å². The molecule has 2 aromatic rings. The first-order valence-electron chi connectivity index (χ1n) is 6.00. The Labute approximate surface area is 118 Å². The fourth-order valence-electron chi connectivity index (χ4n) is 1.87. The Bertz CT molecular complexity index is 500. The molecule has 0 aliphatic heterocycles. The van der Waals surface area contributed by atoms with Gasteiger partial charge >= 0.3 is 0 Å². The molecule has 1 aromatic heterocycles. The molecule has 2 rings (SSSR count). The van der Waals surface area contributed by atoms with E-state index < -0.39 is 0 Å². The highest BCUT2D eigenvalue weighted by atomic mass is 35.5. The molecular weight excluding hydrogens is 267 g/mol. The lowest BCUT2D eigenvalue weighted by molar-refractivity contribution is 0.657. The van der Waals surface area contributed by atoms with Crippen LogP contribution in [-0.4, -0.2) is 11.1 Å². The summed E-state index contributed by atoms with van der Waals surface area (Å²) in [4.78, 5) is 0. The zero-order valence-corrected chi connectivity index (χ0v) is 11.8. The highest BCUT2D eigenvalue weighted by molar-refractivity contribution is 6.35. The van der Waals surface area contributed by atoms with Crippen LogP contribution in [0.15, 0.2) is 36.5 Å². The number of rotatable bonds is 5. The largest absolute Gasteiger partial charge is 0.346 e. The van der Waals surface area contributed by atoms with Crippen molar-refractivity contribution in [1.29, 1.82) is 0 Å². The van der Waals surface area contributed by atoms with E-state index >= 15 is 0 Å². The predicted octanol–water partition coefficient (Wildman–Crippen LogP) is 3.95. The van der Waals surface area contributed by atoms with E-state index in [-0.39, 0.29) is 0 Å². The van der Waals surface area contributed by atoms with Crippen LogP contribution in [0.4, 0.5) is 0 Å². The number of nitrogens with one attached hydrogen (secondary N) is 1. The van der Waals surface area contributed by atoms with Crippen molar-refractivity contribution in [2.45, 2.75) is 20.0 Å². The van der Waals surface area contributed by atoms with Crippen LogP contribution in [0.5, 0.6) is 0 Å². The van der Waals surface area contributed by atoms with Gasteiger partial charge in [0.2, 0.25) is 0 Å². The first kappa shape index (κ1) is 13.5. The van der Waals surface area contributed by atoms with Gasteiger partial charge in [-0.3, -0.25) is 0 Å². The standard InChI is InChI=1S/C14H16Cl2N2/c1-2-17-9-11-5-4-8-18(11)10-12-13(15)6-3-7-14(12)16/h3-8,17H,2,9-10H2,1H3. The molecule has 4 heteroatoms. The van der Waals surface area contributed by atoms with Crippen molar-refractivity contribution < 1.29 is 0 Å². The Morgan fingerprint density at radius 2 is 1.83 bits per heavy atom. The van der Waals surface area contributed by atoms with Gasteiger partial charge < -0.3 is 9.88 Å². The zero-order chi connectivity index (χ0) is 13.0. The summed E-state index contributed by atoms with van der Waals surface area (Å²) in [7, 11) is 0. The maximum Gasteiger partial charge on any atom is 0.0503 e. The van der Waals surface area contributed by atoms with Crippen LogP contribution >= 0.6 is 23.2 Å². The summed E-state index contributed by atoms with van der Waals surface area (Å²) in [6.45, 7) is 4.61. The van der Waals surface area contributed by atoms with E-state index in [1.54, 1.807) is 0 Å². The van der Waals surface area contributed by atoms with Crippen molar-refractivity contribution in [3.63, 3.8) is 0 Å². The SMILES string of the molecule is CCNCc1cccn1Cc1c(Cl)cccc1Cl. The summed E-state index contributed by atoms with van der Waals surface area (Å²) in [5.74, 6) is 0. The molecule has 0 aliphatic rings. The molecule has 0 amide bonds. The fraction of sp³-hybridized carbons (Fsp3) is 0.286. The Kier molecular flexibility index (Phi) is 4.70. The van der Waals surface area contributed by atoms with Crippen LogP contribution in [-0.2, 0) is 13.1 Å². The van der Waals surface area contributed by atoms with E-state index in [1.165, 1.54) is 5.69 Å². The van der Waals surface area contributed by atoms with Gasteiger partial charge in [0.15, 0.2) is 0 Å². The number of halogens is 2. The zero-order valence-electron chi connectivity index (χ0n) is 10.3. The van der Waals surface area contributed by atoms with Crippen molar-refractivity contribution in [1.82, 2.24) is 9.88 Å². The van der Waals surface area contributed by atoms with Crippen LogP contribution in [0.3, 0.4) is 0 Å². The Morgan fingerprint density at radius 1 is 1.11 bits per heavy atom. The van der Waals surface area contributed by atoms with Crippen LogP contribution in [0.2, 0.25) is 10.0 Å². The average Bonchev–Trinajstić information content (AvgIpc) is 2.79. The molecule has 0 saturated heterocycles. The van der Waals surface area contributed by atoms with E-state index in [0.717, 1.165) is 18.7 Å². The minimum Gasteiger partial charge on any atom is -0.346 e. The summed E-state index contributed by atoms with van der Waals surface area (Å²) in [5.41, 5.74) is 2.20. The molecule has 1 N–H and O–H groups in total. The number of benzene rings is 1. The molecule has 18 heavy (non-hydrogen) atoms. The predicted molar refractivity (Wildman–Crippen MR) is 77.4 cm³/mol. The quantitative estimate of drug-likeness (QED) is 0.879. The van der Waals surface area contributed by atoms with Gasteiger partial charge in [-0.1, -0.05) is 36.2 Å². The Balaban J connectivity index is 2.21. The maximum absolute atomic E-state index is 6.19. The van der Waals surface area contributed by atoms with Gasteiger partial charge in [-0.25, -0.2) is 0 Å². The van der Waals surface area contributed by atoms with Crippen LogP contribution < -0.4 is 5.32 Å². The van der Waals surface area contributed by atoms with Crippen LogP contribution in [0.25, 0.3) is 0 Å².